The van der Waals surface area contributed by atoms with E-state index in [0.29, 0.717) is 16.8 Å². The van der Waals surface area contributed by atoms with Crippen molar-refractivity contribution in [1.29, 1.82) is 0 Å². The highest BCUT2D eigenvalue weighted by molar-refractivity contribution is 6.11. The number of anilines is 1. The maximum atomic E-state index is 13.1. The van der Waals surface area contributed by atoms with E-state index in [2.05, 4.69) is 10.1 Å². The highest BCUT2D eigenvalue weighted by Crippen LogP contribution is 2.23. The molecule has 0 saturated carbocycles. The minimum Gasteiger partial charge on any atom is -0.383 e. The molecule has 6 heteroatoms. The van der Waals surface area contributed by atoms with Crippen LogP contribution in [-0.4, -0.2) is 20.5 Å². The minimum atomic E-state index is -0.352. The van der Waals surface area contributed by atoms with Gasteiger partial charge in [0.05, 0.1) is 17.4 Å². The lowest BCUT2D eigenvalue weighted by Gasteiger charge is -2.06. The summed E-state index contributed by atoms with van der Waals surface area (Å²) in [6.45, 7) is 0. The third kappa shape index (κ3) is 3.20. The molecule has 0 unspecified atom stereocenters. The van der Waals surface area contributed by atoms with Crippen LogP contribution < -0.4 is 5.73 Å². The number of pyridine rings is 1. The maximum Gasteiger partial charge on any atom is 0.198 e. The first kappa shape index (κ1) is 16.7. The lowest BCUT2D eigenvalue weighted by atomic mass is 10.0. The Morgan fingerprint density at radius 3 is 2.33 bits per heavy atom. The first-order valence-electron chi connectivity index (χ1n) is 8.28. The Balaban J connectivity index is 1.63. The molecule has 0 radical (unpaired) electrons. The zero-order valence-electron chi connectivity index (χ0n) is 14.2. The van der Waals surface area contributed by atoms with Gasteiger partial charge >= 0.3 is 0 Å². The number of halogens is 1. The summed E-state index contributed by atoms with van der Waals surface area (Å²) in [7, 11) is 0. The fourth-order valence-corrected chi connectivity index (χ4v) is 2.82. The summed E-state index contributed by atoms with van der Waals surface area (Å²) in [5.74, 6) is -0.365. The molecule has 5 nitrogen and oxygen atoms in total. The lowest BCUT2D eigenvalue weighted by molar-refractivity contribution is 0.103. The fourth-order valence-electron chi connectivity index (χ4n) is 2.82. The van der Waals surface area contributed by atoms with Crippen LogP contribution in [0.15, 0.2) is 79.3 Å². The number of benzene rings is 2. The number of nitrogen functional groups attached to an aromatic ring is 1. The van der Waals surface area contributed by atoms with Crippen LogP contribution in [-0.2, 0) is 0 Å². The summed E-state index contributed by atoms with van der Waals surface area (Å²) in [4.78, 5) is 16.9. The van der Waals surface area contributed by atoms with Gasteiger partial charge < -0.3 is 5.73 Å². The zero-order chi connectivity index (χ0) is 18.8. The van der Waals surface area contributed by atoms with E-state index in [0.717, 1.165) is 11.1 Å². The molecule has 2 aromatic heterocycles. The Labute approximate surface area is 154 Å². The van der Waals surface area contributed by atoms with E-state index < -0.39 is 0 Å². The van der Waals surface area contributed by atoms with Crippen LogP contribution in [0.3, 0.4) is 0 Å². The Morgan fingerprint density at radius 2 is 1.67 bits per heavy atom. The number of aromatic nitrogens is 3. The monoisotopic (exact) mass is 358 g/mol. The molecule has 0 spiro atoms. The van der Waals surface area contributed by atoms with Crippen molar-refractivity contribution in [2.75, 3.05) is 5.73 Å². The SMILES string of the molecule is Nc1c(C(=O)c2ccc(-c3cccnc3)cc2)cnn1-c1ccc(F)cc1. The molecule has 132 valence electrons. The van der Waals surface area contributed by atoms with E-state index in [9.17, 15) is 9.18 Å². The average Bonchev–Trinajstić information content (AvgIpc) is 3.10. The number of hydrogen-bond donors (Lipinski definition) is 1. The number of carbonyl (C=O) groups excluding carboxylic acids is 1. The van der Waals surface area contributed by atoms with Gasteiger partial charge in [-0.2, -0.15) is 5.10 Å². The van der Waals surface area contributed by atoms with Crippen molar-refractivity contribution in [2.24, 2.45) is 0 Å². The number of carbonyl (C=O) groups is 1. The van der Waals surface area contributed by atoms with Gasteiger partial charge in [0.1, 0.15) is 11.6 Å². The fraction of sp³-hybridized carbons (Fsp3) is 0. The zero-order valence-corrected chi connectivity index (χ0v) is 14.2. The average molecular weight is 358 g/mol. The van der Waals surface area contributed by atoms with Gasteiger partial charge in [-0.3, -0.25) is 9.78 Å². The van der Waals surface area contributed by atoms with Crippen molar-refractivity contribution >= 4 is 11.6 Å². The number of rotatable bonds is 4. The van der Waals surface area contributed by atoms with Crippen LogP contribution in [0, 0.1) is 5.82 Å². The predicted octanol–water partition coefficient (Wildman–Crippen LogP) is 3.89. The van der Waals surface area contributed by atoms with E-state index in [1.165, 1.54) is 23.0 Å². The topological polar surface area (TPSA) is 73.8 Å². The van der Waals surface area contributed by atoms with E-state index >= 15 is 0 Å². The Kier molecular flexibility index (Phi) is 4.22. The molecule has 0 fully saturated rings. The smallest absolute Gasteiger partial charge is 0.198 e. The quantitative estimate of drug-likeness (QED) is 0.562. The van der Waals surface area contributed by atoms with E-state index in [1.54, 1.807) is 36.7 Å². The van der Waals surface area contributed by atoms with Gasteiger partial charge in [0.2, 0.25) is 0 Å². The Hall–Kier alpha value is -3.80. The van der Waals surface area contributed by atoms with Crippen LogP contribution >= 0.6 is 0 Å². The minimum absolute atomic E-state index is 0.211. The molecule has 0 aliphatic carbocycles. The lowest BCUT2D eigenvalue weighted by Crippen LogP contribution is -2.07. The second-order valence-corrected chi connectivity index (χ2v) is 5.98. The van der Waals surface area contributed by atoms with Gasteiger partial charge in [-0.1, -0.05) is 30.3 Å². The number of nitrogens with two attached hydrogens (primary N) is 1. The second kappa shape index (κ2) is 6.84. The summed E-state index contributed by atoms with van der Waals surface area (Å²) in [5, 5.41) is 4.17. The summed E-state index contributed by atoms with van der Waals surface area (Å²) in [6, 6.07) is 16.8. The van der Waals surface area contributed by atoms with Crippen LogP contribution in [0.5, 0.6) is 0 Å². The molecular weight excluding hydrogens is 343 g/mol. The van der Waals surface area contributed by atoms with E-state index in [1.807, 2.05) is 24.3 Å². The van der Waals surface area contributed by atoms with Gasteiger partial charge in [0, 0.05) is 18.0 Å². The van der Waals surface area contributed by atoms with Gasteiger partial charge in [0.15, 0.2) is 5.78 Å². The highest BCUT2D eigenvalue weighted by Gasteiger charge is 2.18. The summed E-state index contributed by atoms with van der Waals surface area (Å²) < 4.78 is 14.5. The molecule has 2 N–H and O–H groups in total. The standard InChI is InChI=1S/C21H15FN4O/c22-17-7-9-18(10-8-17)26-21(23)19(13-25-26)20(27)15-5-3-14(4-6-15)16-2-1-11-24-12-16/h1-13H,23H2. The van der Waals surface area contributed by atoms with E-state index in [4.69, 9.17) is 5.73 Å². The molecule has 2 heterocycles. The number of ketones is 1. The van der Waals surface area contributed by atoms with Crippen molar-refractivity contribution < 1.29 is 9.18 Å². The molecule has 0 bridgehead atoms. The van der Waals surface area contributed by atoms with Crippen molar-refractivity contribution in [2.45, 2.75) is 0 Å². The molecule has 0 saturated heterocycles. The Morgan fingerprint density at radius 1 is 0.926 bits per heavy atom. The first-order chi connectivity index (χ1) is 13.1. The molecule has 0 atom stereocenters. The van der Waals surface area contributed by atoms with Gasteiger partial charge in [0.25, 0.3) is 0 Å². The van der Waals surface area contributed by atoms with Crippen molar-refractivity contribution in [1.82, 2.24) is 14.8 Å². The highest BCUT2D eigenvalue weighted by atomic mass is 19.1. The largest absolute Gasteiger partial charge is 0.383 e. The predicted molar refractivity (Wildman–Crippen MR) is 101 cm³/mol. The molecule has 4 rings (SSSR count). The molecule has 0 aliphatic rings. The number of nitrogens with zero attached hydrogens (tertiary/aromatic N) is 3. The van der Waals surface area contributed by atoms with Gasteiger partial charge in [-0.05, 0) is 41.5 Å². The van der Waals surface area contributed by atoms with Crippen molar-refractivity contribution in [3.05, 3.63) is 96.2 Å². The summed E-state index contributed by atoms with van der Waals surface area (Å²) in [6.07, 6.45) is 4.90. The molecule has 4 aromatic rings. The molecule has 2 aromatic carbocycles. The third-order valence-corrected chi connectivity index (χ3v) is 4.26. The molecular formula is C21H15FN4O. The maximum absolute atomic E-state index is 13.1. The van der Waals surface area contributed by atoms with Crippen molar-refractivity contribution in [3.8, 4) is 16.8 Å². The van der Waals surface area contributed by atoms with Gasteiger partial charge in [-0.15, -0.1) is 0 Å². The van der Waals surface area contributed by atoms with Crippen LogP contribution in [0.1, 0.15) is 15.9 Å². The Bertz CT molecular complexity index is 1090. The van der Waals surface area contributed by atoms with Crippen LogP contribution in [0.25, 0.3) is 16.8 Å². The summed E-state index contributed by atoms with van der Waals surface area (Å²) >= 11 is 0. The van der Waals surface area contributed by atoms with Crippen LogP contribution in [0.2, 0.25) is 0 Å². The number of hydrogen-bond acceptors (Lipinski definition) is 4. The molecule has 27 heavy (non-hydrogen) atoms. The molecule has 0 amide bonds. The van der Waals surface area contributed by atoms with Crippen molar-refractivity contribution in [3.63, 3.8) is 0 Å². The molecule has 0 aliphatic heterocycles. The van der Waals surface area contributed by atoms with Gasteiger partial charge in [-0.25, -0.2) is 9.07 Å². The second-order valence-electron chi connectivity index (χ2n) is 5.98. The van der Waals surface area contributed by atoms with Crippen LogP contribution in [0.4, 0.5) is 10.2 Å². The summed E-state index contributed by atoms with van der Waals surface area (Å²) in [5.41, 5.74) is 9.44. The normalized spacial score (nSPS) is 10.7. The third-order valence-electron chi connectivity index (χ3n) is 4.26. The first-order valence-corrected chi connectivity index (χ1v) is 8.28. The van der Waals surface area contributed by atoms with E-state index in [-0.39, 0.29) is 17.4 Å².